The lowest BCUT2D eigenvalue weighted by molar-refractivity contribution is -0.275. The van der Waals surface area contributed by atoms with E-state index in [2.05, 4.69) is 11.7 Å². The Morgan fingerprint density at radius 1 is 1.04 bits per heavy atom. The van der Waals surface area contributed by atoms with E-state index < -0.39 is 23.9 Å². The van der Waals surface area contributed by atoms with Crippen LogP contribution in [0.15, 0.2) is 42.5 Å². The van der Waals surface area contributed by atoms with Crippen molar-refractivity contribution >= 4 is 5.97 Å². The van der Waals surface area contributed by atoms with Crippen molar-refractivity contribution in [2.24, 2.45) is 5.92 Å². The molecule has 0 bridgehead atoms. The van der Waals surface area contributed by atoms with Gasteiger partial charge in [0.2, 0.25) is 0 Å². The summed E-state index contributed by atoms with van der Waals surface area (Å²) in [5.74, 6) is -1.95. The molecule has 28 heavy (non-hydrogen) atoms. The molecule has 0 saturated heterocycles. The second-order valence-electron chi connectivity index (χ2n) is 7.11. The van der Waals surface area contributed by atoms with Crippen LogP contribution in [0.5, 0.6) is 11.5 Å². The molecular formula is C21H22F4O3. The van der Waals surface area contributed by atoms with E-state index in [-0.39, 0.29) is 12.7 Å². The highest BCUT2D eigenvalue weighted by atomic mass is 19.4. The summed E-state index contributed by atoms with van der Waals surface area (Å²) < 4.78 is 58.8. The van der Waals surface area contributed by atoms with Crippen LogP contribution < -0.4 is 9.47 Å². The molecule has 0 heterocycles. The number of hydrogen-bond acceptors (Lipinski definition) is 3. The molecule has 1 fully saturated rings. The van der Waals surface area contributed by atoms with Gasteiger partial charge in [0.05, 0.1) is 5.56 Å². The van der Waals surface area contributed by atoms with Gasteiger partial charge >= 0.3 is 12.3 Å². The number of esters is 1. The second-order valence-corrected chi connectivity index (χ2v) is 7.11. The van der Waals surface area contributed by atoms with Crippen molar-refractivity contribution in [1.29, 1.82) is 0 Å². The lowest BCUT2D eigenvalue weighted by atomic mass is 9.79. The van der Waals surface area contributed by atoms with Crippen LogP contribution >= 0.6 is 0 Å². The highest BCUT2D eigenvalue weighted by Gasteiger charge is 2.32. The second kappa shape index (κ2) is 8.20. The van der Waals surface area contributed by atoms with E-state index in [1.165, 1.54) is 18.4 Å². The largest absolute Gasteiger partial charge is 0.573 e. The van der Waals surface area contributed by atoms with Gasteiger partial charge in [0.1, 0.15) is 5.75 Å². The molecule has 0 atom stereocenters. The van der Waals surface area contributed by atoms with Crippen molar-refractivity contribution in [1.82, 2.24) is 0 Å². The van der Waals surface area contributed by atoms with E-state index in [1.54, 1.807) is 12.1 Å². The number of halogens is 4. The maximum atomic E-state index is 13.7. The number of hydrogen-bond donors (Lipinski definition) is 0. The van der Waals surface area contributed by atoms with Gasteiger partial charge in [0, 0.05) is 7.49 Å². The number of rotatable bonds is 4. The average Bonchev–Trinajstić information content (AvgIpc) is 2.64. The fourth-order valence-electron chi connectivity index (χ4n) is 3.40. The van der Waals surface area contributed by atoms with Gasteiger partial charge in [-0.3, -0.25) is 0 Å². The first-order valence-corrected chi connectivity index (χ1v) is 9.08. The number of alkyl halides is 3. The molecule has 0 unspecified atom stereocenters. The summed E-state index contributed by atoms with van der Waals surface area (Å²) in [6, 6.07) is 9.55. The van der Waals surface area contributed by atoms with Crippen molar-refractivity contribution in [3.05, 3.63) is 59.4 Å². The van der Waals surface area contributed by atoms with Crippen LogP contribution in [0.3, 0.4) is 0 Å². The number of benzene rings is 2. The average molecular weight is 398 g/mol. The molecule has 0 spiro atoms. The van der Waals surface area contributed by atoms with Crippen LogP contribution in [0.1, 0.15) is 55.9 Å². The van der Waals surface area contributed by atoms with Crippen LogP contribution in [-0.2, 0) is 0 Å². The van der Waals surface area contributed by atoms with Gasteiger partial charge in [0.15, 0.2) is 11.6 Å². The smallest absolute Gasteiger partial charge is 0.423 e. The Morgan fingerprint density at radius 2 is 1.68 bits per heavy atom. The molecule has 1 saturated carbocycles. The van der Waals surface area contributed by atoms with Gasteiger partial charge < -0.3 is 9.47 Å². The zero-order chi connectivity index (χ0) is 20.3. The molecular weight excluding hydrogens is 376 g/mol. The van der Waals surface area contributed by atoms with Gasteiger partial charge in [-0.2, -0.15) is 0 Å². The van der Waals surface area contributed by atoms with E-state index in [9.17, 15) is 22.4 Å². The molecule has 0 aliphatic heterocycles. The summed E-state index contributed by atoms with van der Waals surface area (Å²) in [4.78, 5) is 12.2. The normalized spacial score (nSPS) is 19.9. The molecule has 152 valence electrons. The summed E-state index contributed by atoms with van der Waals surface area (Å²) in [6.07, 6.45) is -0.382. The Balaban J connectivity index is 0.00000300. The highest BCUT2D eigenvalue weighted by Crippen LogP contribution is 2.35. The first-order valence-electron chi connectivity index (χ1n) is 9.08. The summed E-state index contributed by atoms with van der Waals surface area (Å²) in [7, 11) is 0. The van der Waals surface area contributed by atoms with Gasteiger partial charge in [-0.1, -0.05) is 31.9 Å². The van der Waals surface area contributed by atoms with Crippen molar-refractivity contribution < 1.29 is 33.3 Å². The van der Waals surface area contributed by atoms with Crippen molar-refractivity contribution in [2.45, 2.75) is 44.9 Å². The predicted molar refractivity (Wildman–Crippen MR) is 97.0 cm³/mol. The molecule has 2 aromatic rings. The highest BCUT2D eigenvalue weighted by molar-refractivity contribution is 5.91. The van der Waals surface area contributed by atoms with E-state index in [4.69, 9.17) is 4.74 Å². The minimum absolute atomic E-state index is 0. The van der Waals surface area contributed by atoms with Gasteiger partial charge in [0.25, 0.3) is 0 Å². The van der Waals surface area contributed by atoms with E-state index >= 15 is 0 Å². The molecule has 0 radical (unpaired) electrons. The summed E-state index contributed by atoms with van der Waals surface area (Å²) >= 11 is 0. The number of ether oxygens (including phenoxy) is 2. The SMILES string of the molecule is CC1CCC(c2ccc(C(=O)Oc3ccc(OC(F)(F)F)c(F)c3)cc2)CC1.[HH]. The van der Waals surface area contributed by atoms with E-state index in [0.29, 0.717) is 12.0 Å². The fraction of sp³-hybridized carbons (Fsp3) is 0.381. The quantitative estimate of drug-likeness (QED) is 0.336. The van der Waals surface area contributed by atoms with Crippen molar-refractivity contribution in [3.8, 4) is 11.5 Å². The Bertz CT molecular complexity index is 829. The van der Waals surface area contributed by atoms with Crippen molar-refractivity contribution in [2.75, 3.05) is 0 Å². The van der Waals surface area contributed by atoms with Crippen LogP contribution in [0.4, 0.5) is 17.6 Å². The van der Waals surface area contributed by atoms with Gasteiger partial charge in [-0.15, -0.1) is 13.2 Å². The third kappa shape index (κ3) is 5.24. The Hall–Kier alpha value is -2.57. The molecule has 0 N–H and O–H groups in total. The summed E-state index contributed by atoms with van der Waals surface area (Å²) in [5.41, 5.74) is 1.45. The molecule has 1 aliphatic carbocycles. The number of carbonyl (C=O) groups excluding carboxylic acids is 1. The minimum Gasteiger partial charge on any atom is -0.423 e. The molecule has 0 amide bonds. The topological polar surface area (TPSA) is 35.5 Å². The molecule has 3 nitrogen and oxygen atoms in total. The summed E-state index contributed by atoms with van der Waals surface area (Å²) in [6.45, 7) is 2.25. The van der Waals surface area contributed by atoms with Crippen LogP contribution in [0, 0.1) is 11.7 Å². The maximum absolute atomic E-state index is 13.7. The maximum Gasteiger partial charge on any atom is 0.573 e. The molecule has 0 aromatic heterocycles. The zero-order valence-corrected chi connectivity index (χ0v) is 15.3. The van der Waals surface area contributed by atoms with Crippen molar-refractivity contribution in [3.63, 3.8) is 0 Å². The first-order chi connectivity index (χ1) is 13.2. The van der Waals surface area contributed by atoms with Crippen LogP contribution in [-0.4, -0.2) is 12.3 Å². The zero-order valence-electron chi connectivity index (χ0n) is 15.3. The molecule has 7 heteroatoms. The van der Waals surface area contributed by atoms with Crippen LogP contribution in [0.25, 0.3) is 0 Å². The Morgan fingerprint density at radius 3 is 2.25 bits per heavy atom. The summed E-state index contributed by atoms with van der Waals surface area (Å²) in [5, 5.41) is 0. The fourth-order valence-corrected chi connectivity index (χ4v) is 3.40. The predicted octanol–water partition coefficient (Wildman–Crippen LogP) is 6.48. The lowest BCUT2D eigenvalue weighted by Crippen LogP contribution is -2.18. The molecule has 3 rings (SSSR count). The van der Waals surface area contributed by atoms with Gasteiger partial charge in [-0.25, -0.2) is 9.18 Å². The number of carbonyl (C=O) groups is 1. The third-order valence-corrected chi connectivity index (χ3v) is 4.97. The van der Waals surface area contributed by atoms with Gasteiger partial charge in [-0.05, 0) is 54.5 Å². The van der Waals surface area contributed by atoms with E-state index in [1.807, 2.05) is 12.1 Å². The Kier molecular flexibility index (Phi) is 5.91. The third-order valence-electron chi connectivity index (χ3n) is 4.97. The minimum atomic E-state index is -5.00. The van der Waals surface area contributed by atoms with E-state index in [0.717, 1.165) is 30.9 Å². The standard InChI is InChI=1S/C21H20F4O3.H2/c1-13-2-4-14(5-3-13)15-6-8-16(9-7-15)20(26)27-17-10-11-19(18(22)12-17)28-21(23,24)25;/h6-14H,2-5H2,1H3;1H. The molecule has 2 aromatic carbocycles. The molecule has 1 aliphatic rings. The monoisotopic (exact) mass is 398 g/mol. The van der Waals surface area contributed by atoms with Crippen LogP contribution in [0.2, 0.25) is 0 Å². The lowest BCUT2D eigenvalue weighted by Gasteiger charge is -2.26. The first kappa shape index (κ1) is 20.2. The Labute approximate surface area is 161 Å².